The molecule has 0 unspecified atom stereocenters. The second-order valence-electron chi connectivity index (χ2n) is 7.90. The summed E-state index contributed by atoms with van der Waals surface area (Å²) in [5.41, 5.74) is 1.78. The number of hydrogen-bond donors (Lipinski definition) is 2. The molecule has 0 aliphatic heterocycles. The molecule has 0 bridgehead atoms. The number of fused-ring (bicyclic) bond motifs is 1. The number of carbonyl (C=O) groups excluding carboxylic acids is 2. The van der Waals surface area contributed by atoms with Gasteiger partial charge in [0.1, 0.15) is 0 Å². The van der Waals surface area contributed by atoms with Crippen LogP contribution in [0.15, 0.2) is 48.8 Å². The van der Waals surface area contributed by atoms with E-state index in [4.69, 9.17) is 0 Å². The van der Waals surface area contributed by atoms with Crippen molar-refractivity contribution < 1.29 is 9.59 Å². The van der Waals surface area contributed by atoms with Gasteiger partial charge in [-0.1, -0.05) is 49.6 Å². The predicted octanol–water partition coefficient (Wildman–Crippen LogP) is 4.50. The van der Waals surface area contributed by atoms with Crippen LogP contribution in [-0.2, 0) is 0 Å². The summed E-state index contributed by atoms with van der Waals surface area (Å²) in [6.07, 6.45) is 8.94. The maximum absolute atomic E-state index is 13.0. The van der Waals surface area contributed by atoms with Crippen LogP contribution in [0.1, 0.15) is 58.5 Å². The Morgan fingerprint density at radius 3 is 2.47 bits per heavy atom. The lowest BCUT2D eigenvalue weighted by Crippen LogP contribution is -2.32. The zero-order valence-corrected chi connectivity index (χ0v) is 17.1. The smallest absolute Gasteiger partial charge is 0.273 e. The van der Waals surface area contributed by atoms with Crippen molar-refractivity contribution in [2.24, 2.45) is 5.92 Å². The third-order valence-electron chi connectivity index (χ3n) is 5.81. The minimum atomic E-state index is -0.312. The van der Waals surface area contributed by atoms with Crippen molar-refractivity contribution in [1.82, 2.24) is 15.3 Å². The summed E-state index contributed by atoms with van der Waals surface area (Å²) in [4.78, 5) is 34.1. The average Bonchev–Trinajstić information content (AvgIpc) is 2.79. The Balaban J connectivity index is 1.52. The average molecular weight is 402 g/mol. The molecule has 1 aliphatic rings. The van der Waals surface area contributed by atoms with Crippen molar-refractivity contribution in [1.29, 1.82) is 0 Å². The normalized spacial score (nSPS) is 14.4. The van der Waals surface area contributed by atoms with E-state index in [-0.39, 0.29) is 23.3 Å². The molecule has 0 spiro atoms. The Kier molecular flexibility index (Phi) is 6.02. The maximum Gasteiger partial charge on any atom is 0.273 e. The number of anilines is 1. The summed E-state index contributed by atoms with van der Waals surface area (Å²) in [5.74, 6) is 0.0652. The highest BCUT2D eigenvalue weighted by Gasteiger charge is 2.20. The van der Waals surface area contributed by atoms with Gasteiger partial charge in [-0.2, -0.15) is 0 Å². The third kappa shape index (κ3) is 4.32. The van der Waals surface area contributed by atoms with Crippen molar-refractivity contribution in [2.75, 3.05) is 11.9 Å². The van der Waals surface area contributed by atoms with Gasteiger partial charge >= 0.3 is 0 Å². The van der Waals surface area contributed by atoms with Gasteiger partial charge in [0.15, 0.2) is 11.5 Å². The molecule has 30 heavy (non-hydrogen) atoms. The molecule has 1 aromatic heterocycles. The van der Waals surface area contributed by atoms with Gasteiger partial charge < -0.3 is 10.6 Å². The summed E-state index contributed by atoms with van der Waals surface area (Å²) in [5, 5.41) is 7.64. The Morgan fingerprint density at radius 2 is 1.67 bits per heavy atom. The topological polar surface area (TPSA) is 84.0 Å². The van der Waals surface area contributed by atoms with E-state index < -0.39 is 0 Å². The number of nitrogens with one attached hydrogen (secondary N) is 2. The largest absolute Gasteiger partial charge is 0.350 e. The van der Waals surface area contributed by atoms with Gasteiger partial charge in [0.2, 0.25) is 0 Å². The van der Waals surface area contributed by atoms with Crippen LogP contribution < -0.4 is 10.6 Å². The summed E-state index contributed by atoms with van der Waals surface area (Å²) >= 11 is 0. The van der Waals surface area contributed by atoms with E-state index in [0.717, 1.165) is 29.2 Å². The van der Waals surface area contributed by atoms with E-state index in [9.17, 15) is 9.59 Å². The Hall–Kier alpha value is -3.28. The quantitative estimate of drug-likeness (QED) is 0.658. The van der Waals surface area contributed by atoms with Crippen molar-refractivity contribution in [3.8, 4) is 0 Å². The predicted molar refractivity (Wildman–Crippen MR) is 118 cm³/mol. The van der Waals surface area contributed by atoms with Gasteiger partial charge in [-0.25, -0.2) is 9.97 Å². The summed E-state index contributed by atoms with van der Waals surface area (Å²) in [7, 11) is 0. The van der Waals surface area contributed by atoms with E-state index in [1.165, 1.54) is 31.7 Å². The first-order chi connectivity index (χ1) is 14.6. The number of aryl methyl sites for hydroxylation is 1. The van der Waals surface area contributed by atoms with Crippen LogP contribution in [0.3, 0.4) is 0 Å². The second kappa shape index (κ2) is 9.03. The van der Waals surface area contributed by atoms with Crippen molar-refractivity contribution in [3.05, 3.63) is 65.6 Å². The molecule has 1 aliphatic carbocycles. The first-order valence-corrected chi connectivity index (χ1v) is 10.5. The Labute approximate surface area is 176 Å². The number of hydrogen-bond acceptors (Lipinski definition) is 4. The Bertz CT molecular complexity index is 1070. The lowest BCUT2D eigenvalue weighted by Gasteiger charge is -2.21. The van der Waals surface area contributed by atoms with Crippen molar-refractivity contribution >= 4 is 28.4 Å². The fourth-order valence-corrected chi connectivity index (χ4v) is 4.13. The van der Waals surface area contributed by atoms with Gasteiger partial charge in [0.25, 0.3) is 11.8 Å². The molecular formula is C24H26N4O2. The molecule has 0 radical (unpaired) electrons. The fraction of sp³-hybridized carbons (Fsp3) is 0.333. The van der Waals surface area contributed by atoms with E-state index in [0.29, 0.717) is 18.0 Å². The molecule has 0 atom stereocenters. The summed E-state index contributed by atoms with van der Waals surface area (Å²) in [6.45, 7) is 2.65. The number of carbonyl (C=O) groups is 2. The molecule has 154 valence electrons. The number of aromatic nitrogens is 2. The highest BCUT2D eigenvalue weighted by molar-refractivity contribution is 6.14. The first-order valence-electron chi connectivity index (χ1n) is 10.5. The highest BCUT2D eigenvalue weighted by atomic mass is 16.2. The maximum atomic E-state index is 13.0. The van der Waals surface area contributed by atoms with Crippen LogP contribution in [0.2, 0.25) is 0 Å². The monoisotopic (exact) mass is 402 g/mol. The fourth-order valence-electron chi connectivity index (χ4n) is 4.13. The van der Waals surface area contributed by atoms with Crippen LogP contribution in [0.25, 0.3) is 10.8 Å². The van der Waals surface area contributed by atoms with Crippen molar-refractivity contribution in [2.45, 2.75) is 39.0 Å². The van der Waals surface area contributed by atoms with Crippen LogP contribution in [0.4, 0.5) is 5.82 Å². The standard InChI is InChI=1S/C24H26N4O2/c1-16-11-12-20(19-10-6-5-9-18(16)19)23(29)28-22-21(25-13-14-26-22)24(30)27-15-17-7-3-2-4-8-17/h5-6,9-14,17H,2-4,7-8,15H2,1H3,(H,27,30)(H,26,28,29). The van der Waals surface area contributed by atoms with Crippen molar-refractivity contribution in [3.63, 3.8) is 0 Å². The van der Waals surface area contributed by atoms with Gasteiger partial charge in [-0.15, -0.1) is 0 Å². The second-order valence-corrected chi connectivity index (χ2v) is 7.90. The zero-order valence-electron chi connectivity index (χ0n) is 17.1. The lowest BCUT2D eigenvalue weighted by atomic mass is 9.89. The molecule has 6 heteroatoms. The molecular weight excluding hydrogens is 376 g/mol. The minimum Gasteiger partial charge on any atom is -0.350 e. The van der Waals surface area contributed by atoms with E-state index in [2.05, 4.69) is 20.6 Å². The minimum absolute atomic E-state index is 0.137. The third-order valence-corrected chi connectivity index (χ3v) is 5.81. The molecule has 0 saturated heterocycles. The van der Waals surface area contributed by atoms with Crippen LogP contribution in [-0.4, -0.2) is 28.3 Å². The summed E-state index contributed by atoms with van der Waals surface area (Å²) in [6, 6.07) is 11.5. The van der Waals surface area contributed by atoms with E-state index in [1.54, 1.807) is 6.07 Å². The van der Waals surface area contributed by atoms with E-state index in [1.807, 2.05) is 37.3 Å². The van der Waals surface area contributed by atoms with Crippen LogP contribution in [0, 0.1) is 12.8 Å². The molecule has 2 aromatic carbocycles. The van der Waals surface area contributed by atoms with Gasteiger partial charge in [-0.3, -0.25) is 9.59 Å². The molecule has 2 N–H and O–H groups in total. The van der Waals surface area contributed by atoms with Crippen LogP contribution >= 0.6 is 0 Å². The Morgan fingerprint density at radius 1 is 0.933 bits per heavy atom. The first kappa shape index (κ1) is 20.0. The zero-order chi connectivity index (χ0) is 20.9. The SMILES string of the molecule is Cc1ccc(C(=O)Nc2nccnc2C(=O)NCC2CCCCC2)c2ccccc12. The number of nitrogens with zero attached hydrogens (tertiary/aromatic N) is 2. The summed E-state index contributed by atoms with van der Waals surface area (Å²) < 4.78 is 0. The molecule has 1 heterocycles. The van der Waals surface area contributed by atoms with Gasteiger partial charge in [0, 0.05) is 24.5 Å². The van der Waals surface area contributed by atoms with E-state index >= 15 is 0 Å². The molecule has 4 rings (SSSR count). The molecule has 1 fully saturated rings. The molecule has 6 nitrogen and oxygen atoms in total. The number of benzene rings is 2. The van der Waals surface area contributed by atoms with Gasteiger partial charge in [0.05, 0.1) is 0 Å². The number of rotatable bonds is 5. The van der Waals surface area contributed by atoms with Crippen LogP contribution in [0.5, 0.6) is 0 Å². The molecule has 3 aromatic rings. The lowest BCUT2D eigenvalue weighted by molar-refractivity contribution is 0.0939. The molecule has 1 saturated carbocycles. The number of amides is 2. The molecule has 2 amide bonds. The van der Waals surface area contributed by atoms with Gasteiger partial charge in [-0.05, 0) is 48.1 Å². The highest BCUT2D eigenvalue weighted by Crippen LogP contribution is 2.24.